The Morgan fingerprint density at radius 1 is 1.24 bits per heavy atom. The lowest BCUT2D eigenvalue weighted by Gasteiger charge is -2.06. The maximum absolute atomic E-state index is 12.2. The maximum atomic E-state index is 12.2. The molecule has 7 heteroatoms. The summed E-state index contributed by atoms with van der Waals surface area (Å²) in [6, 6.07) is 13.4. The summed E-state index contributed by atoms with van der Waals surface area (Å²) in [4.78, 5) is 12.4. The molecule has 0 atom stereocenters. The maximum Gasteiger partial charge on any atom is 0.287 e. The minimum atomic E-state index is -0.221. The lowest BCUT2D eigenvalue weighted by Crippen LogP contribution is -2.19. The molecule has 0 unspecified atom stereocenters. The first-order chi connectivity index (χ1) is 11.9. The zero-order valence-electron chi connectivity index (χ0n) is 13.7. The second-order valence-corrected chi connectivity index (χ2v) is 6.91. The first-order valence-electron chi connectivity index (χ1n) is 7.63. The average molecular weight is 418 g/mol. The standard InChI is InChI=1S/C18H16BrN3O2S/c1-11-3-5-13(6-4-11)17-21-22(18(25)24-17)10-16(23)20-14-7-8-15(19)12(2)9-14/h3-9H,10H2,1-2H3,(H,20,23). The van der Waals surface area contributed by atoms with Gasteiger partial charge in [0, 0.05) is 15.7 Å². The molecular weight excluding hydrogens is 402 g/mol. The highest BCUT2D eigenvalue weighted by Crippen LogP contribution is 2.20. The summed E-state index contributed by atoms with van der Waals surface area (Å²) in [5.41, 5.74) is 3.72. The van der Waals surface area contributed by atoms with Crippen LogP contribution in [0.15, 0.2) is 51.4 Å². The molecular formula is C18H16BrN3O2S. The Hall–Kier alpha value is -2.25. The van der Waals surface area contributed by atoms with E-state index in [0.717, 1.165) is 26.9 Å². The van der Waals surface area contributed by atoms with Crippen molar-refractivity contribution < 1.29 is 9.21 Å². The number of rotatable bonds is 4. The van der Waals surface area contributed by atoms with Crippen LogP contribution in [0.3, 0.4) is 0 Å². The van der Waals surface area contributed by atoms with Crippen molar-refractivity contribution in [2.45, 2.75) is 20.4 Å². The smallest absolute Gasteiger partial charge is 0.287 e. The minimum absolute atomic E-state index is 0.0106. The van der Waals surface area contributed by atoms with Crippen LogP contribution in [0.4, 0.5) is 5.69 Å². The van der Waals surface area contributed by atoms with Crippen molar-refractivity contribution in [1.82, 2.24) is 9.78 Å². The van der Waals surface area contributed by atoms with Crippen molar-refractivity contribution in [3.05, 3.63) is 62.9 Å². The average Bonchev–Trinajstić information content (AvgIpc) is 2.92. The molecule has 0 saturated carbocycles. The third-order valence-electron chi connectivity index (χ3n) is 3.64. The number of halogens is 1. The van der Waals surface area contributed by atoms with E-state index in [1.54, 1.807) is 0 Å². The Morgan fingerprint density at radius 3 is 2.64 bits per heavy atom. The number of anilines is 1. The fourth-order valence-electron chi connectivity index (χ4n) is 2.28. The SMILES string of the molecule is Cc1ccc(-c2nn(CC(=O)Nc3ccc(Br)c(C)c3)c(=S)o2)cc1. The summed E-state index contributed by atoms with van der Waals surface area (Å²) in [5.74, 6) is 0.180. The third-order valence-corrected chi connectivity index (χ3v) is 4.82. The number of amides is 1. The van der Waals surface area contributed by atoms with Gasteiger partial charge in [-0.15, -0.1) is 5.10 Å². The van der Waals surface area contributed by atoms with E-state index in [0.29, 0.717) is 5.89 Å². The van der Waals surface area contributed by atoms with Gasteiger partial charge in [0.25, 0.3) is 4.84 Å². The monoisotopic (exact) mass is 417 g/mol. The first-order valence-corrected chi connectivity index (χ1v) is 8.83. The molecule has 0 saturated heterocycles. The van der Waals surface area contributed by atoms with Gasteiger partial charge in [0.1, 0.15) is 6.54 Å². The van der Waals surface area contributed by atoms with Gasteiger partial charge >= 0.3 is 0 Å². The summed E-state index contributed by atoms with van der Waals surface area (Å²) in [6.45, 7) is 3.96. The van der Waals surface area contributed by atoms with E-state index in [4.69, 9.17) is 16.6 Å². The predicted octanol–water partition coefficient (Wildman–Crippen LogP) is 4.89. The molecule has 25 heavy (non-hydrogen) atoms. The van der Waals surface area contributed by atoms with Crippen LogP contribution in [0.1, 0.15) is 11.1 Å². The summed E-state index contributed by atoms with van der Waals surface area (Å²) >= 11 is 8.60. The quantitative estimate of drug-likeness (QED) is 0.613. The van der Waals surface area contributed by atoms with E-state index in [2.05, 4.69) is 26.3 Å². The number of hydrogen-bond acceptors (Lipinski definition) is 4. The Balaban J connectivity index is 1.74. The van der Waals surface area contributed by atoms with Crippen LogP contribution >= 0.6 is 28.1 Å². The number of aromatic nitrogens is 2. The van der Waals surface area contributed by atoms with Crippen LogP contribution < -0.4 is 5.32 Å². The van der Waals surface area contributed by atoms with Gasteiger partial charge in [-0.25, -0.2) is 4.68 Å². The number of carbonyl (C=O) groups excluding carboxylic acids is 1. The zero-order valence-corrected chi connectivity index (χ0v) is 16.1. The van der Waals surface area contributed by atoms with Crippen LogP contribution in [-0.4, -0.2) is 15.7 Å². The highest BCUT2D eigenvalue weighted by Gasteiger charge is 2.12. The fourth-order valence-corrected chi connectivity index (χ4v) is 2.71. The van der Waals surface area contributed by atoms with Gasteiger partial charge in [-0.05, 0) is 62.0 Å². The van der Waals surface area contributed by atoms with Crippen molar-refractivity contribution in [2.24, 2.45) is 0 Å². The van der Waals surface area contributed by atoms with Crippen molar-refractivity contribution >= 4 is 39.7 Å². The number of nitrogens with zero attached hydrogens (tertiary/aromatic N) is 2. The molecule has 1 heterocycles. The molecule has 5 nitrogen and oxygen atoms in total. The lowest BCUT2D eigenvalue weighted by molar-refractivity contribution is -0.117. The Kier molecular flexibility index (Phi) is 5.15. The molecule has 1 aromatic heterocycles. The van der Waals surface area contributed by atoms with Crippen molar-refractivity contribution in [3.8, 4) is 11.5 Å². The van der Waals surface area contributed by atoms with E-state index in [1.165, 1.54) is 4.68 Å². The molecule has 0 bridgehead atoms. The fraction of sp³-hybridized carbons (Fsp3) is 0.167. The predicted molar refractivity (Wildman–Crippen MR) is 103 cm³/mol. The van der Waals surface area contributed by atoms with Crippen LogP contribution in [0.25, 0.3) is 11.5 Å². The lowest BCUT2D eigenvalue weighted by atomic mass is 10.1. The van der Waals surface area contributed by atoms with Gasteiger partial charge in [0.05, 0.1) is 0 Å². The largest absolute Gasteiger partial charge is 0.409 e. The second-order valence-electron chi connectivity index (χ2n) is 5.71. The summed E-state index contributed by atoms with van der Waals surface area (Å²) in [7, 11) is 0. The summed E-state index contributed by atoms with van der Waals surface area (Å²) in [6.07, 6.45) is 0. The highest BCUT2D eigenvalue weighted by molar-refractivity contribution is 9.10. The minimum Gasteiger partial charge on any atom is -0.409 e. The Labute approximate surface area is 158 Å². The molecule has 0 aliphatic rings. The summed E-state index contributed by atoms with van der Waals surface area (Å²) < 4.78 is 7.88. The Bertz CT molecular complexity index is 977. The van der Waals surface area contributed by atoms with Crippen LogP contribution in [0, 0.1) is 18.7 Å². The van der Waals surface area contributed by atoms with Crippen molar-refractivity contribution in [1.29, 1.82) is 0 Å². The molecule has 3 aromatic rings. The van der Waals surface area contributed by atoms with E-state index in [1.807, 2.05) is 56.3 Å². The van der Waals surface area contributed by atoms with E-state index in [-0.39, 0.29) is 17.3 Å². The van der Waals surface area contributed by atoms with Crippen molar-refractivity contribution in [2.75, 3.05) is 5.32 Å². The van der Waals surface area contributed by atoms with Gasteiger partial charge in [0.2, 0.25) is 11.8 Å². The molecule has 128 valence electrons. The molecule has 0 radical (unpaired) electrons. The van der Waals surface area contributed by atoms with Crippen LogP contribution in [0.2, 0.25) is 0 Å². The number of nitrogens with one attached hydrogen (secondary N) is 1. The van der Waals surface area contributed by atoms with Crippen LogP contribution in [0.5, 0.6) is 0 Å². The topological polar surface area (TPSA) is 60.1 Å². The van der Waals surface area contributed by atoms with Crippen LogP contribution in [-0.2, 0) is 11.3 Å². The van der Waals surface area contributed by atoms with E-state index < -0.39 is 0 Å². The molecule has 0 aliphatic heterocycles. The molecule has 2 aromatic carbocycles. The molecule has 0 aliphatic carbocycles. The molecule has 3 rings (SSSR count). The second kappa shape index (κ2) is 7.33. The molecule has 0 spiro atoms. The third kappa shape index (κ3) is 4.24. The van der Waals surface area contributed by atoms with Gasteiger partial charge in [-0.2, -0.15) is 0 Å². The van der Waals surface area contributed by atoms with Gasteiger partial charge < -0.3 is 9.73 Å². The Morgan fingerprint density at radius 2 is 1.96 bits per heavy atom. The number of benzene rings is 2. The molecule has 1 amide bonds. The zero-order chi connectivity index (χ0) is 18.0. The van der Waals surface area contributed by atoms with Gasteiger partial charge in [-0.3, -0.25) is 4.79 Å². The van der Waals surface area contributed by atoms with Gasteiger partial charge in [-0.1, -0.05) is 33.6 Å². The van der Waals surface area contributed by atoms with E-state index >= 15 is 0 Å². The molecule has 1 N–H and O–H groups in total. The van der Waals surface area contributed by atoms with E-state index in [9.17, 15) is 4.79 Å². The first kappa shape index (κ1) is 17.6. The normalized spacial score (nSPS) is 10.7. The number of aryl methyl sites for hydroxylation is 2. The van der Waals surface area contributed by atoms with Gasteiger partial charge in [0.15, 0.2) is 0 Å². The number of hydrogen-bond donors (Lipinski definition) is 1. The highest BCUT2D eigenvalue weighted by atomic mass is 79.9. The summed E-state index contributed by atoms with van der Waals surface area (Å²) in [5, 5.41) is 7.13. The van der Waals surface area contributed by atoms with Crippen molar-refractivity contribution in [3.63, 3.8) is 0 Å². The molecule has 0 fully saturated rings. The number of carbonyl (C=O) groups is 1.